The minimum absolute atomic E-state index is 0.0480. The maximum Gasteiger partial charge on any atom is 0.481 e. The summed E-state index contributed by atoms with van der Waals surface area (Å²) in [7, 11) is -0.496. The van der Waals surface area contributed by atoms with Crippen LogP contribution in [0.1, 0.15) is 60.3 Å². The molecule has 3 aliphatic carbocycles. The summed E-state index contributed by atoms with van der Waals surface area (Å²) < 4.78 is 40.1. The van der Waals surface area contributed by atoms with Crippen LogP contribution in [0.15, 0.2) is 0 Å². The van der Waals surface area contributed by atoms with Gasteiger partial charge < -0.3 is 14.2 Å². The topological polar surface area (TPSA) is 38.8 Å². The maximum absolute atomic E-state index is 13.7. The van der Waals surface area contributed by atoms with E-state index < -0.39 is 24.9 Å². The van der Waals surface area contributed by atoms with E-state index in [2.05, 4.69) is 20.8 Å². The number of amides is 1. The Balaban J connectivity index is 1.51. The van der Waals surface area contributed by atoms with E-state index in [1.807, 2.05) is 0 Å². The molecule has 0 spiro atoms. The van der Waals surface area contributed by atoms with Crippen LogP contribution in [0, 0.1) is 23.2 Å². The summed E-state index contributed by atoms with van der Waals surface area (Å²) >= 11 is 0. The lowest BCUT2D eigenvalue weighted by Gasteiger charge is -2.64. The minimum atomic E-state index is -3.02. The summed E-state index contributed by atoms with van der Waals surface area (Å²) in [4.78, 5) is 14.3. The normalized spacial score (nSPS) is 42.4. The molecule has 0 N–H and O–H groups in total. The lowest BCUT2D eigenvalue weighted by Crippen LogP contribution is -2.65. The van der Waals surface area contributed by atoms with Gasteiger partial charge >= 0.3 is 7.12 Å². The number of carbonyl (C=O) groups is 1. The molecule has 6 atom stereocenters. The zero-order chi connectivity index (χ0) is 19.1. The molecule has 5 rings (SSSR count). The van der Waals surface area contributed by atoms with Gasteiger partial charge in [-0.05, 0) is 56.8 Å². The van der Waals surface area contributed by atoms with Crippen LogP contribution in [0.4, 0.5) is 8.78 Å². The SMILES string of the molecule is CC(C(=O)N1CCC[C@H]1B1OC2C[C@@H]3C[C@@H](C3(C)C)[C@]2(C)O1)C(C)(F)F. The van der Waals surface area contributed by atoms with Crippen LogP contribution in [-0.2, 0) is 14.1 Å². The Morgan fingerprint density at radius 3 is 2.62 bits per heavy atom. The Hall–Kier alpha value is -0.685. The van der Waals surface area contributed by atoms with Crippen molar-refractivity contribution in [3.8, 4) is 0 Å². The molecule has 2 aliphatic heterocycles. The predicted octanol–water partition coefficient (Wildman–Crippen LogP) is 3.54. The number of hydrogen-bond acceptors (Lipinski definition) is 3. The lowest BCUT2D eigenvalue weighted by atomic mass is 9.43. The molecular weight excluding hydrogens is 339 g/mol. The van der Waals surface area contributed by atoms with Crippen molar-refractivity contribution in [2.45, 2.75) is 83.9 Å². The number of rotatable bonds is 3. The van der Waals surface area contributed by atoms with Crippen LogP contribution in [0.25, 0.3) is 0 Å². The van der Waals surface area contributed by atoms with E-state index in [9.17, 15) is 13.6 Å². The third kappa shape index (κ3) is 2.49. The summed E-state index contributed by atoms with van der Waals surface area (Å²) in [6.07, 6.45) is 3.76. The number of likely N-dealkylation sites (tertiary alicyclic amines) is 1. The van der Waals surface area contributed by atoms with Gasteiger partial charge in [0.1, 0.15) is 0 Å². The van der Waals surface area contributed by atoms with Gasteiger partial charge in [-0.25, -0.2) is 8.78 Å². The zero-order valence-electron chi connectivity index (χ0n) is 16.4. The van der Waals surface area contributed by atoms with Gasteiger partial charge in [-0.3, -0.25) is 4.79 Å². The quantitative estimate of drug-likeness (QED) is 0.715. The summed E-state index contributed by atoms with van der Waals surface area (Å²) in [6, 6.07) is 0. The van der Waals surface area contributed by atoms with Crippen LogP contribution in [0.3, 0.4) is 0 Å². The van der Waals surface area contributed by atoms with Gasteiger partial charge in [-0.1, -0.05) is 13.8 Å². The van der Waals surface area contributed by atoms with E-state index in [0.717, 1.165) is 26.2 Å². The fourth-order valence-corrected chi connectivity index (χ4v) is 5.88. The second-order valence-electron chi connectivity index (χ2n) is 9.76. The van der Waals surface area contributed by atoms with Gasteiger partial charge in [0.15, 0.2) is 0 Å². The number of halogens is 2. The summed E-state index contributed by atoms with van der Waals surface area (Å²) in [5.41, 5.74) is -0.0754. The second-order valence-corrected chi connectivity index (χ2v) is 9.76. The van der Waals surface area contributed by atoms with Gasteiger partial charge in [-0.2, -0.15) is 0 Å². The highest BCUT2D eigenvalue weighted by Crippen LogP contribution is 2.65. The van der Waals surface area contributed by atoms with Crippen LogP contribution < -0.4 is 0 Å². The predicted molar refractivity (Wildman–Crippen MR) is 94.6 cm³/mol. The Morgan fingerprint density at radius 2 is 2.00 bits per heavy atom. The molecule has 4 nitrogen and oxygen atoms in total. The molecule has 2 bridgehead atoms. The number of nitrogens with zero attached hydrogens (tertiary/aromatic N) is 1. The molecule has 2 saturated heterocycles. The molecular formula is C19H30BF2NO3. The monoisotopic (exact) mass is 369 g/mol. The summed E-state index contributed by atoms with van der Waals surface area (Å²) in [5.74, 6) is -3.98. The van der Waals surface area contributed by atoms with Crippen molar-refractivity contribution in [3.63, 3.8) is 0 Å². The van der Waals surface area contributed by atoms with Crippen molar-refractivity contribution in [2.24, 2.45) is 23.2 Å². The van der Waals surface area contributed by atoms with Gasteiger partial charge in [0, 0.05) is 13.5 Å². The Morgan fingerprint density at radius 1 is 1.31 bits per heavy atom. The molecule has 7 heteroatoms. The first-order valence-corrected chi connectivity index (χ1v) is 9.98. The third-order valence-electron chi connectivity index (χ3n) is 8.00. The fourth-order valence-electron chi connectivity index (χ4n) is 5.88. The first-order chi connectivity index (χ1) is 12.0. The van der Waals surface area contributed by atoms with E-state index in [0.29, 0.717) is 18.4 Å². The van der Waals surface area contributed by atoms with Gasteiger partial charge in [0.05, 0.1) is 23.6 Å². The molecule has 146 valence electrons. The average Bonchev–Trinajstić information content (AvgIpc) is 3.14. The fraction of sp³-hybridized carbons (Fsp3) is 0.947. The maximum atomic E-state index is 13.7. The molecule has 1 amide bonds. The highest BCUT2D eigenvalue weighted by molar-refractivity contribution is 6.48. The molecule has 5 fully saturated rings. The second kappa shape index (κ2) is 5.66. The van der Waals surface area contributed by atoms with Crippen molar-refractivity contribution in [2.75, 3.05) is 6.54 Å². The Kier molecular flexibility index (Phi) is 4.07. The van der Waals surface area contributed by atoms with Crippen molar-refractivity contribution < 1.29 is 22.9 Å². The zero-order valence-corrected chi connectivity index (χ0v) is 16.4. The van der Waals surface area contributed by atoms with Crippen molar-refractivity contribution in [1.29, 1.82) is 0 Å². The third-order valence-corrected chi connectivity index (χ3v) is 8.00. The van der Waals surface area contributed by atoms with E-state index >= 15 is 0 Å². The van der Waals surface area contributed by atoms with Gasteiger partial charge in [0.2, 0.25) is 5.91 Å². The van der Waals surface area contributed by atoms with Crippen LogP contribution in [0.2, 0.25) is 0 Å². The van der Waals surface area contributed by atoms with Crippen molar-refractivity contribution in [1.82, 2.24) is 4.90 Å². The number of carbonyl (C=O) groups excluding carboxylic acids is 1. The molecule has 2 heterocycles. The van der Waals surface area contributed by atoms with Crippen molar-refractivity contribution >= 4 is 13.0 Å². The Labute approximate surface area is 155 Å². The molecule has 0 aromatic rings. The van der Waals surface area contributed by atoms with Crippen LogP contribution in [-0.4, -0.2) is 48.0 Å². The number of alkyl halides is 2. The highest BCUT2D eigenvalue weighted by Gasteiger charge is 2.69. The summed E-state index contributed by atoms with van der Waals surface area (Å²) in [6.45, 7) is 9.39. The van der Waals surface area contributed by atoms with E-state index in [1.165, 1.54) is 13.3 Å². The smallest absolute Gasteiger partial charge is 0.404 e. The summed E-state index contributed by atoms with van der Waals surface area (Å²) in [5, 5.41) is 0. The minimum Gasteiger partial charge on any atom is -0.404 e. The molecule has 2 unspecified atom stereocenters. The van der Waals surface area contributed by atoms with E-state index in [-0.39, 0.29) is 23.1 Å². The van der Waals surface area contributed by atoms with Gasteiger partial charge in [0.25, 0.3) is 5.92 Å². The first kappa shape index (κ1) is 18.7. The van der Waals surface area contributed by atoms with E-state index in [1.54, 1.807) is 4.90 Å². The molecule has 3 saturated carbocycles. The standard InChI is InChI=1S/C19H30BF2NO3/c1-11(19(5,21)22)16(24)23-8-6-7-15(23)20-25-14-10-12-9-13(17(12,2)3)18(14,4)26-20/h11-15H,6-10H2,1-5H3/t11?,12-,13-,14?,15-,18-/m0/s1. The average molecular weight is 369 g/mol. The Bertz CT molecular complexity index is 610. The number of hydrogen-bond donors (Lipinski definition) is 0. The molecule has 0 radical (unpaired) electrons. The lowest BCUT2D eigenvalue weighted by molar-refractivity contribution is -0.199. The molecule has 0 aromatic heterocycles. The molecule has 5 aliphatic rings. The largest absolute Gasteiger partial charge is 0.481 e. The van der Waals surface area contributed by atoms with Gasteiger partial charge in [-0.15, -0.1) is 0 Å². The molecule has 26 heavy (non-hydrogen) atoms. The van der Waals surface area contributed by atoms with Crippen molar-refractivity contribution in [3.05, 3.63) is 0 Å². The highest BCUT2D eigenvalue weighted by atomic mass is 19.3. The molecule has 0 aromatic carbocycles. The van der Waals surface area contributed by atoms with Crippen LogP contribution >= 0.6 is 0 Å². The first-order valence-electron chi connectivity index (χ1n) is 9.98. The van der Waals surface area contributed by atoms with E-state index in [4.69, 9.17) is 9.31 Å². The van der Waals surface area contributed by atoms with Crippen LogP contribution in [0.5, 0.6) is 0 Å².